The molecule has 1 fully saturated rings. The van der Waals surface area contributed by atoms with E-state index in [-0.39, 0.29) is 6.09 Å². The number of para-hydroxylation sites is 1. The standard InChI is InChI=1S/C21H33NO2.C9H10N2O2/c1-4-15-22(21(23)24-19-11-6-5-7-12-19)16-14-18(3)20-13-9-8-10-17(20)2;10-9(13)8(11-6-12)7-4-2-1-3-5-7/h5-7,11-12,17-18,20H,4,8-10,13-16H2,1-3H3;1-6,8H,(H2,10,13)(H,11,12)/t17-,18?,20?;/m1./s1. The molecule has 3 rings (SSSR count). The fraction of sp³-hybridized carbons (Fsp3) is 0.500. The molecule has 0 bridgehead atoms. The molecule has 3 amide bonds. The van der Waals surface area contributed by atoms with Crippen molar-refractivity contribution < 1.29 is 19.1 Å². The first kappa shape index (κ1) is 29.9. The smallest absolute Gasteiger partial charge is 0.410 e. The van der Waals surface area contributed by atoms with Crippen LogP contribution in [0.1, 0.15) is 70.9 Å². The normalized spacial score (nSPS) is 18.4. The second-order valence-electron chi connectivity index (χ2n) is 9.89. The highest BCUT2D eigenvalue weighted by molar-refractivity contribution is 5.83. The molecule has 1 saturated carbocycles. The highest BCUT2D eigenvalue weighted by Crippen LogP contribution is 2.36. The number of carbonyl (C=O) groups excluding carboxylic acids is 3. The predicted molar refractivity (Wildman–Crippen MR) is 147 cm³/mol. The van der Waals surface area contributed by atoms with Gasteiger partial charge < -0.3 is 20.7 Å². The minimum atomic E-state index is -0.737. The van der Waals surface area contributed by atoms with E-state index in [4.69, 9.17) is 10.5 Å². The lowest BCUT2D eigenvalue weighted by Crippen LogP contribution is -2.36. The molecule has 2 aromatic rings. The molecule has 0 radical (unpaired) electrons. The predicted octanol–water partition coefficient (Wildman–Crippen LogP) is 5.71. The highest BCUT2D eigenvalue weighted by Gasteiger charge is 2.27. The largest absolute Gasteiger partial charge is 0.415 e. The van der Waals surface area contributed by atoms with Gasteiger partial charge in [-0.2, -0.15) is 0 Å². The zero-order valence-electron chi connectivity index (χ0n) is 22.5. The fourth-order valence-corrected chi connectivity index (χ4v) is 5.04. The molecule has 202 valence electrons. The van der Waals surface area contributed by atoms with Crippen LogP contribution in [0.2, 0.25) is 0 Å². The van der Waals surface area contributed by atoms with Gasteiger partial charge in [0.05, 0.1) is 0 Å². The van der Waals surface area contributed by atoms with Gasteiger partial charge >= 0.3 is 6.09 Å². The lowest BCUT2D eigenvalue weighted by molar-refractivity contribution is -0.122. The van der Waals surface area contributed by atoms with Crippen molar-refractivity contribution in [2.24, 2.45) is 23.5 Å². The molecule has 0 aliphatic heterocycles. The van der Waals surface area contributed by atoms with Crippen LogP contribution in [0, 0.1) is 17.8 Å². The molecule has 37 heavy (non-hydrogen) atoms. The van der Waals surface area contributed by atoms with Crippen molar-refractivity contribution in [1.29, 1.82) is 0 Å². The third-order valence-corrected chi connectivity index (χ3v) is 7.12. The van der Waals surface area contributed by atoms with Crippen LogP contribution in [0.4, 0.5) is 4.79 Å². The third kappa shape index (κ3) is 10.3. The summed E-state index contributed by atoms with van der Waals surface area (Å²) < 4.78 is 5.51. The van der Waals surface area contributed by atoms with E-state index in [1.54, 1.807) is 24.3 Å². The van der Waals surface area contributed by atoms with Gasteiger partial charge in [-0.15, -0.1) is 0 Å². The van der Waals surface area contributed by atoms with Gasteiger partial charge in [-0.25, -0.2) is 4.79 Å². The highest BCUT2D eigenvalue weighted by atomic mass is 16.6. The van der Waals surface area contributed by atoms with Crippen molar-refractivity contribution in [3.63, 3.8) is 0 Å². The Hall–Kier alpha value is -3.35. The summed E-state index contributed by atoms with van der Waals surface area (Å²) in [6.45, 7) is 8.42. The Labute approximate surface area is 221 Å². The topological polar surface area (TPSA) is 102 Å². The average molecular weight is 510 g/mol. The molecule has 3 N–H and O–H groups in total. The van der Waals surface area contributed by atoms with Gasteiger partial charge in [0, 0.05) is 13.1 Å². The molecule has 1 aliphatic rings. The Bertz CT molecular complexity index is 938. The van der Waals surface area contributed by atoms with Crippen LogP contribution in [0.15, 0.2) is 60.7 Å². The Morgan fingerprint density at radius 3 is 2.24 bits per heavy atom. The van der Waals surface area contributed by atoms with Crippen LogP contribution in [-0.2, 0) is 9.59 Å². The van der Waals surface area contributed by atoms with Gasteiger partial charge in [-0.1, -0.05) is 88.6 Å². The van der Waals surface area contributed by atoms with Crippen LogP contribution in [0.5, 0.6) is 5.75 Å². The minimum Gasteiger partial charge on any atom is -0.410 e. The van der Waals surface area contributed by atoms with E-state index in [1.807, 2.05) is 41.3 Å². The third-order valence-electron chi connectivity index (χ3n) is 7.12. The number of nitrogens with two attached hydrogens (primary N) is 1. The zero-order chi connectivity index (χ0) is 27.0. The molecule has 0 heterocycles. The summed E-state index contributed by atoms with van der Waals surface area (Å²) in [6, 6.07) is 17.4. The van der Waals surface area contributed by atoms with E-state index < -0.39 is 11.9 Å². The quantitative estimate of drug-likeness (QED) is 0.379. The Morgan fingerprint density at radius 2 is 1.68 bits per heavy atom. The number of ether oxygens (including phenoxy) is 1. The molecule has 4 atom stereocenters. The number of hydrogen-bond donors (Lipinski definition) is 2. The lowest BCUT2D eigenvalue weighted by Gasteiger charge is -2.34. The zero-order valence-corrected chi connectivity index (χ0v) is 22.5. The molecule has 0 saturated heterocycles. The number of nitrogens with zero attached hydrogens (tertiary/aromatic N) is 1. The van der Waals surface area contributed by atoms with Gasteiger partial charge in [0.1, 0.15) is 11.8 Å². The molecule has 7 heteroatoms. The first-order valence-corrected chi connectivity index (χ1v) is 13.4. The van der Waals surface area contributed by atoms with Crippen molar-refractivity contribution in [2.45, 2.75) is 65.3 Å². The number of primary amides is 1. The number of nitrogens with one attached hydrogen (secondary N) is 1. The maximum absolute atomic E-state index is 12.5. The van der Waals surface area contributed by atoms with Crippen molar-refractivity contribution >= 4 is 18.4 Å². The molecule has 0 spiro atoms. The summed E-state index contributed by atoms with van der Waals surface area (Å²) in [4.78, 5) is 35.4. The molecule has 1 aliphatic carbocycles. The van der Waals surface area contributed by atoms with E-state index in [2.05, 4.69) is 26.1 Å². The van der Waals surface area contributed by atoms with Gasteiger partial charge in [-0.05, 0) is 54.7 Å². The van der Waals surface area contributed by atoms with E-state index in [0.717, 1.165) is 37.8 Å². The van der Waals surface area contributed by atoms with Crippen molar-refractivity contribution in [1.82, 2.24) is 10.2 Å². The molecule has 0 aromatic heterocycles. The Kier molecular flexibility index (Phi) is 13.2. The van der Waals surface area contributed by atoms with Crippen molar-refractivity contribution in [2.75, 3.05) is 13.1 Å². The average Bonchev–Trinajstić information content (AvgIpc) is 2.91. The second kappa shape index (κ2) is 16.4. The van der Waals surface area contributed by atoms with Crippen LogP contribution >= 0.6 is 0 Å². The number of carbonyl (C=O) groups is 3. The minimum absolute atomic E-state index is 0.216. The summed E-state index contributed by atoms with van der Waals surface area (Å²) in [5.74, 6) is 2.36. The van der Waals surface area contributed by atoms with E-state index in [9.17, 15) is 14.4 Å². The van der Waals surface area contributed by atoms with Crippen molar-refractivity contribution in [3.05, 3.63) is 66.2 Å². The maximum Gasteiger partial charge on any atom is 0.415 e. The van der Waals surface area contributed by atoms with Crippen LogP contribution in [0.3, 0.4) is 0 Å². The van der Waals surface area contributed by atoms with Gasteiger partial charge in [-0.3, -0.25) is 9.59 Å². The first-order chi connectivity index (χ1) is 17.9. The van der Waals surface area contributed by atoms with E-state index in [1.165, 1.54) is 25.7 Å². The van der Waals surface area contributed by atoms with E-state index in [0.29, 0.717) is 23.6 Å². The van der Waals surface area contributed by atoms with Crippen molar-refractivity contribution in [3.8, 4) is 5.75 Å². The summed E-state index contributed by atoms with van der Waals surface area (Å²) >= 11 is 0. The monoisotopic (exact) mass is 509 g/mol. The summed E-state index contributed by atoms with van der Waals surface area (Å²) in [6.07, 6.45) is 7.74. The SMILES string of the molecule is CCCN(CCC(C)C1CCCC[C@H]1C)C(=O)Oc1ccccc1.NC(=O)C(NC=O)c1ccccc1. The summed E-state index contributed by atoms with van der Waals surface area (Å²) in [5, 5.41) is 2.34. The molecule has 7 nitrogen and oxygen atoms in total. The fourth-order valence-electron chi connectivity index (χ4n) is 5.04. The second-order valence-corrected chi connectivity index (χ2v) is 9.89. The van der Waals surface area contributed by atoms with Crippen LogP contribution in [0.25, 0.3) is 0 Å². The first-order valence-electron chi connectivity index (χ1n) is 13.4. The number of hydrogen-bond acceptors (Lipinski definition) is 4. The van der Waals surface area contributed by atoms with Gasteiger partial charge in [0.15, 0.2) is 0 Å². The van der Waals surface area contributed by atoms with Gasteiger partial charge in [0.2, 0.25) is 12.3 Å². The Balaban J connectivity index is 0.000000312. The number of rotatable bonds is 11. The number of benzene rings is 2. The lowest BCUT2D eigenvalue weighted by atomic mass is 9.73. The maximum atomic E-state index is 12.5. The summed E-state index contributed by atoms with van der Waals surface area (Å²) in [5.41, 5.74) is 5.78. The summed E-state index contributed by atoms with van der Waals surface area (Å²) in [7, 11) is 0. The molecular formula is C30H43N3O4. The molecule has 3 unspecified atom stereocenters. The molecule has 2 aromatic carbocycles. The van der Waals surface area contributed by atoms with Crippen LogP contribution < -0.4 is 15.8 Å². The van der Waals surface area contributed by atoms with Gasteiger partial charge in [0.25, 0.3) is 0 Å². The van der Waals surface area contributed by atoms with E-state index >= 15 is 0 Å². The molecular weight excluding hydrogens is 466 g/mol. The van der Waals surface area contributed by atoms with Crippen LogP contribution in [-0.4, -0.2) is 36.4 Å². The number of amides is 3. The Morgan fingerprint density at radius 1 is 1.05 bits per heavy atom.